The monoisotopic (exact) mass is 164 g/mol. The van der Waals surface area contributed by atoms with Crippen LogP contribution in [0.4, 0.5) is 9.18 Å². The fourth-order valence-electron chi connectivity index (χ4n) is 0.430. The Balaban J connectivity index is 3.36. The molecule has 0 radical (unpaired) electrons. The molecule has 0 rings (SSSR count). The van der Waals surface area contributed by atoms with E-state index in [0.29, 0.717) is 6.61 Å². The van der Waals surface area contributed by atoms with Gasteiger partial charge in [0.15, 0.2) is 0 Å². The molecule has 66 valence electrons. The van der Waals surface area contributed by atoms with Crippen LogP contribution in [0.2, 0.25) is 0 Å². The molecule has 0 spiro atoms. The molecule has 5 heteroatoms. The van der Waals surface area contributed by atoms with Gasteiger partial charge in [0.1, 0.15) is 6.67 Å². The fourth-order valence-corrected chi connectivity index (χ4v) is 0.430. The predicted octanol–water partition coefficient (Wildman–Crippen LogP) is 0.595. The van der Waals surface area contributed by atoms with Crippen LogP contribution in [0.1, 0.15) is 13.8 Å². The lowest BCUT2D eigenvalue weighted by Gasteiger charge is -2.09. The number of hydrogen-bond donors (Lipinski definition) is 2. The molecule has 0 aromatic rings. The third-order valence-corrected chi connectivity index (χ3v) is 0.918. The number of hydrogen-bond acceptors (Lipinski definition) is 2. The lowest BCUT2D eigenvalue weighted by Crippen LogP contribution is -2.41. The summed E-state index contributed by atoms with van der Waals surface area (Å²) in [5, 5.41) is 2.31. The van der Waals surface area contributed by atoms with Crippen LogP contribution in [-0.4, -0.2) is 25.4 Å². The molecular weight excluding hydrogens is 151 g/mol. The number of urea groups is 1. The summed E-state index contributed by atoms with van der Waals surface area (Å²) in [7, 11) is 0. The quantitative estimate of drug-likeness (QED) is 0.597. The molecule has 2 amide bonds. The normalized spacial score (nSPS) is 12.3. The summed E-state index contributed by atoms with van der Waals surface area (Å²) in [6, 6.07) is -0.993. The van der Waals surface area contributed by atoms with Gasteiger partial charge in [0.25, 0.3) is 0 Å². The van der Waals surface area contributed by atoms with Gasteiger partial charge in [-0.3, -0.25) is 4.84 Å². The topological polar surface area (TPSA) is 50.4 Å². The number of nitrogens with one attached hydrogen (secondary N) is 2. The van der Waals surface area contributed by atoms with Gasteiger partial charge in [-0.05, 0) is 13.8 Å². The van der Waals surface area contributed by atoms with Crippen LogP contribution in [0.15, 0.2) is 0 Å². The first-order chi connectivity index (χ1) is 5.20. The molecule has 0 heterocycles. The van der Waals surface area contributed by atoms with Crippen molar-refractivity contribution in [2.24, 2.45) is 0 Å². The molecule has 0 unspecified atom stereocenters. The highest BCUT2D eigenvalue weighted by Crippen LogP contribution is 1.81. The third kappa shape index (κ3) is 5.60. The van der Waals surface area contributed by atoms with E-state index in [2.05, 4.69) is 15.6 Å². The van der Waals surface area contributed by atoms with Crippen molar-refractivity contribution in [3.63, 3.8) is 0 Å². The molecule has 2 N–H and O–H groups in total. The van der Waals surface area contributed by atoms with E-state index in [4.69, 9.17) is 0 Å². The number of alkyl halides is 1. The molecule has 0 saturated heterocycles. The molecule has 0 bridgehead atoms. The van der Waals surface area contributed by atoms with Crippen molar-refractivity contribution in [2.75, 3.05) is 13.3 Å². The van der Waals surface area contributed by atoms with Gasteiger partial charge in [-0.25, -0.2) is 14.7 Å². The van der Waals surface area contributed by atoms with Gasteiger partial charge in [0.2, 0.25) is 0 Å². The molecular formula is C6H13FN2O2. The molecule has 4 nitrogen and oxygen atoms in total. The van der Waals surface area contributed by atoms with E-state index in [1.165, 1.54) is 0 Å². The van der Waals surface area contributed by atoms with Crippen LogP contribution in [-0.2, 0) is 4.84 Å². The molecule has 0 aromatic carbocycles. The average Bonchev–Trinajstić information content (AvgIpc) is 2.00. The Labute approximate surface area is 65.1 Å². The number of hydroxylamine groups is 1. The minimum atomic E-state index is -0.584. The van der Waals surface area contributed by atoms with E-state index >= 15 is 0 Å². The Kier molecular flexibility index (Phi) is 5.46. The molecule has 0 saturated carbocycles. The van der Waals surface area contributed by atoms with Crippen LogP contribution < -0.4 is 10.8 Å². The highest BCUT2D eigenvalue weighted by Gasteiger charge is 2.04. The van der Waals surface area contributed by atoms with Crippen molar-refractivity contribution in [2.45, 2.75) is 19.9 Å². The zero-order valence-corrected chi connectivity index (χ0v) is 6.69. The van der Waals surface area contributed by atoms with Crippen molar-refractivity contribution < 1.29 is 14.0 Å². The van der Waals surface area contributed by atoms with Crippen molar-refractivity contribution in [3.05, 3.63) is 0 Å². The van der Waals surface area contributed by atoms with E-state index in [9.17, 15) is 9.18 Å². The van der Waals surface area contributed by atoms with Gasteiger partial charge < -0.3 is 5.32 Å². The average molecular weight is 164 g/mol. The Morgan fingerprint density at radius 3 is 2.82 bits per heavy atom. The molecule has 0 fully saturated rings. The van der Waals surface area contributed by atoms with E-state index in [0.717, 1.165) is 0 Å². The van der Waals surface area contributed by atoms with E-state index in [1.807, 2.05) is 0 Å². The number of carbonyl (C=O) groups excluding carboxylic acids is 1. The summed E-state index contributed by atoms with van der Waals surface area (Å²) in [5.74, 6) is 0. The summed E-state index contributed by atoms with van der Waals surface area (Å²) >= 11 is 0. The van der Waals surface area contributed by atoms with Crippen LogP contribution in [0.3, 0.4) is 0 Å². The molecule has 0 aromatic heterocycles. The molecule has 0 aliphatic heterocycles. The van der Waals surface area contributed by atoms with Gasteiger partial charge in [0, 0.05) is 0 Å². The summed E-state index contributed by atoms with van der Waals surface area (Å²) in [5.41, 5.74) is 2.08. The minimum absolute atomic E-state index is 0.386. The molecule has 0 aliphatic rings. The number of halogens is 1. The van der Waals surface area contributed by atoms with Gasteiger partial charge in [-0.1, -0.05) is 0 Å². The number of amides is 2. The lowest BCUT2D eigenvalue weighted by molar-refractivity contribution is 0.0694. The Morgan fingerprint density at radius 1 is 1.73 bits per heavy atom. The van der Waals surface area contributed by atoms with Crippen LogP contribution in [0.5, 0.6) is 0 Å². The van der Waals surface area contributed by atoms with E-state index in [1.54, 1.807) is 13.8 Å². The van der Waals surface area contributed by atoms with Crippen molar-refractivity contribution in [1.82, 2.24) is 10.8 Å². The molecule has 11 heavy (non-hydrogen) atoms. The zero-order valence-electron chi connectivity index (χ0n) is 6.69. The first-order valence-electron chi connectivity index (χ1n) is 3.45. The minimum Gasteiger partial charge on any atom is -0.331 e. The zero-order chi connectivity index (χ0) is 8.69. The second kappa shape index (κ2) is 5.91. The first kappa shape index (κ1) is 10.2. The van der Waals surface area contributed by atoms with Crippen LogP contribution >= 0.6 is 0 Å². The molecule has 0 aliphatic carbocycles. The highest BCUT2D eigenvalue weighted by atomic mass is 19.1. The van der Waals surface area contributed by atoms with Crippen LogP contribution in [0.25, 0.3) is 0 Å². The first-order valence-corrected chi connectivity index (χ1v) is 3.45. The smallest absolute Gasteiger partial charge is 0.331 e. The Bertz CT molecular complexity index is 121. The predicted molar refractivity (Wildman–Crippen MR) is 38.7 cm³/mol. The number of carbonyl (C=O) groups is 1. The second-order valence-electron chi connectivity index (χ2n) is 2.06. The summed E-state index contributed by atoms with van der Waals surface area (Å²) in [6.07, 6.45) is 0. The number of rotatable bonds is 4. The van der Waals surface area contributed by atoms with Crippen molar-refractivity contribution in [3.8, 4) is 0 Å². The summed E-state index contributed by atoms with van der Waals surface area (Å²) in [6.45, 7) is 3.10. The Morgan fingerprint density at radius 2 is 2.36 bits per heavy atom. The summed E-state index contributed by atoms with van der Waals surface area (Å²) < 4.78 is 11.8. The van der Waals surface area contributed by atoms with E-state index < -0.39 is 18.7 Å². The third-order valence-electron chi connectivity index (χ3n) is 0.918. The Hall–Kier alpha value is -0.840. The maximum absolute atomic E-state index is 11.8. The van der Waals surface area contributed by atoms with Gasteiger partial charge in [0.05, 0.1) is 12.6 Å². The maximum Gasteiger partial charge on any atom is 0.339 e. The largest absolute Gasteiger partial charge is 0.339 e. The van der Waals surface area contributed by atoms with Gasteiger partial charge in [-0.15, -0.1) is 0 Å². The van der Waals surface area contributed by atoms with Crippen LogP contribution in [0, 0.1) is 0 Å². The fraction of sp³-hybridized carbons (Fsp3) is 0.833. The van der Waals surface area contributed by atoms with E-state index in [-0.39, 0.29) is 0 Å². The van der Waals surface area contributed by atoms with Crippen molar-refractivity contribution >= 4 is 6.03 Å². The SMILES string of the molecule is CCONC(=O)N[C@@H](C)CF. The highest BCUT2D eigenvalue weighted by molar-refractivity contribution is 5.72. The maximum atomic E-state index is 11.8. The lowest BCUT2D eigenvalue weighted by atomic mass is 10.4. The second-order valence-corrected chi connectivity index (χ2v) is 2.06. The van der Waals surface area contributed by atoms with Gasteiger partial charge in [-0.2, -0.15) is 0 Å². The molecule has 1 atom stereocenters. The van der Waals surface area contributed by atoms with Crippen molar-refractivity contribution in [1.29, 1.82) is 0 Å². The summed E-state index contributed by atoms with van der Waals surface area (Å²) in [4.78, 5) is 15.2. The van der Waals surface area contributed by atoms with Gasteiger partial charge >= 0.3 is 6.03 Å². The standard InChI is InChI=1S/C6H13FN2O2/c1-3-11-9-6(10)8-5(2)4-7/h5H,3-4H2,1-2H3,(H2,8,9,10)/t5-/m0/s1.